The molecule has 2 saturated carbocycles. The second-order valence-electron chi connectivity index (χ2n) is 7.66. The summed E-state index contributed by atoms with van der Waals surface area (Å²) in [5.41, 5.74) is 1.15. The van der Waals surface area contributed by atoms with E-state index in [2.05, 4.69) is 0 Å². The number of amides is 1. The van der Waals surface area contributed by atoms with Crippen LogP contribution in [0.3, 0.4) is 0 Å². The Balaban J connectivity index is 1.59. The van der Waals surface area contributed by atoms with Crippen LogP contribution in [0.25, 0.3) is 0 Å². The third kappa shape index (κ3) is 2.73. The second kappa shape index (κ2) is 5.81. The van der Waals surface area contributed by atoms with Crippen LogP contribution in [0, 0.1) is 18.8 Å². The van der Waals surface area contributed by atoms with Crippen molar-refractivity contribution in [1.29, 1.82) is 0 Å². The summed E-state index contributed by atoms with van der Waals surface area (Å²) in [5, 5.41) is 0. The average molecular weight is 314 g/mol. The molecule has 3 aliphatic rings. The van der Waals surface area contributed by atoms with Crippen molar-refractivity contribution in [2.45, 2.75) is 57.9 Å². The number of piperidine rings is 1. The van der Waals surface area contributed by atoms with Gasteiger partial charge in [-0.2, -0.15) is 0 Å². The predicted octanol–water partition coefficient (Wildman–Crippen LogP) is 3.14. The largest absolute Gasteiger partial charge is 0.338 e. The quantitative estimate of drug-likeness (QED) is 0.841. The number of hydrogen-bond donors (Lipinski definition) is 0. The number of hydrogen-bond acceptors (Lipinski definition) is 2. The van der Waals surface area contributed by atoms with Crippen LogP contribution in [-0.2, 0) is 0 Å². The molecule has 4 rings (SSSR count). The zero-order valence-electron chi connectivity index (χ0n) is 14.0. The molecule has 2 heterocycles. The summed E-state index contributed by atoms with van der Waals surface area (Å²) in [6, 6.07) is 2.25. The molecular formula is C19H26N2O2. The second-order valence-corrected chi connectivity index (χ2v) is 7.66. The first-order valence-corrected chi connectivity index (χ1v) is 9.16. The number of pyridine rings is 1. The molecule has 3 fully saturated rings. The van der Waals surface area contributed by atoms with E-state index in [-0.39, 0.29) is 11.5 Å². The maximum atomic E-state index is 13.0. The molecule has 124 valence electrons. The molecule has 1 aliphatic heterocycles. The summed E-state index contributed by atoms with van der Waals surface area (Å²) in [7, 11) is 0. The molecular weight excluding hydrogens is 288 g/mol. The molecule has 2 aliphatic carbocycles. The van der Waals surface area contributed by atoms with E-state index in [0.717, 1.165) is 43.8 Å². The van der Waals surface area contributed by atoms with Crippen molar-refractivity contribution in [3.8, 4) is 0 Å². The van der Waals surface area contributed by atoms with Crippen molar-refractivity contribution in [1.82, 2.24) is 9.47 Å². The zero-order chi connectivity index (χ0) is 16.0. The molecule has 1 saturated heterocycles. The van der Waals surface area contributed by atoms with Gasteiger partial charge in [0.1, 0.15) is 5.56 Å². The molecule has 23 heavy (non-hydrogen) atoms. The number of nitrogens with zero attached hydrogens (tertiary/aromatic N) is 2. The number of aromatic nitrogens is 1. The lowest BCUT2D eigenvalue weighted by atomic mass is 9.75. The molecule has 1 amide bonds. The highest BCUT2D eigenvalue weighted by Crippen LogP contribution is 2.36. The molecule has 4 heteroatoms. The number of likely N-dealkylation sites (tertiary alicyclic amines) is 1. The summed E-state index contributed by atoms with van der Waals surface area (Å²) in [6.07, 6.45) is 10.3. The molecule has 0 bridgehead atoms. The Kier molecular flexibility index (Phi) is 3.78. The fraction of sp³-hybridized carbons (Fsp3) is 0.684. The number of aryl methyl sites for hydroxylation is 1. The minimum Gasteiger partial charge on any atom is -0.338 e. The van der Waals surface area contributed by atoms with E-state index in [4.69, 9.17) is 0 Å². The molecule has 0 aromatic carbocycles. The van der Waals surface area contributed by atoms with Gasteiger partial charge in [0.25, 0.3) is 11.5 Å². The number of carbonyl (C=O) groups is 1. The van der Waals surface area contributed by atoms with Gasteiger partial charge in [0.05, 0.1) is 0 Å². The van der Waals surface area contributed by atoms with Crippen LogP contribution in [0.15, 0.2) is 17.1 Å². The van der Waals surface area contributed by atoms with Crippen molar-refractivity contribution in [2.75, 3.05) is 13.1 Å². The standard InChI is InChI=1S/C19H26N2O2/c1-13-8-11-21(16-6-7-16)19(23)17(13)18(22)20-10-9-14-4-2-3-5-15(14)12-20/h8,11,14-16H,2-7,9-10,12H2,1H3/t14-,15-/m0/s1. The number of rotatable bonds is 2. The summed E-state index contributed by atoms with van der Waals surface area (Å²) in [5.74, 6) is 1.41. The van der Waals surface area contributed by atoms with Crippen molar-refractivity contribution in [3.63, 3.8) is 0 Å². The predicted molar refractivity (Wildman–Crippen MR) is 89.7 cm³/mol. The number of fused-ring (bicyclic) bond motifs is 1. The van der Waals surface area contributed by atoms with Gasteiger partial charge in [0.2, 0.25) is 0 Å². The van der Waals surface area contributed by atoms with E-state index < -0.39 is 0 Å². The smallest absolute Gasteiger partial charge is 0.263 e. The molecule has 4 nitrogen and oxygen atoms in total. The minimum atomic E-state index is -0.0803. The number of carbonyl (C=O) groups excluding carboxylic acids is 1. The Morgan fingerprint density at radius 3 is 2.57 bits per heavy atom. The van der Waals surface area contributed by atoms with Gasteiger partial charge >= 0.3 is 0 Å². The summed E-state index contributed by atoms with van der Waals surface area (Å²) >= 11 is 0. The highest BCUT2D eigenvalue weighted by molar-refractivity contribution is 5.95. The Labute approximate surface area is 137 Å². The molecule has 0 unspecified atom stereocenters. The maximum absolute atomic E-state index is 13.0. The first kappa shape index (κ1) is 15.0. The van der Waals surface area contributed by atoms with E-state index in [1.54, 1.807) is 4.57 Å². The molecule has 0 radical (unpaired) electrons. The summed E-state index contributed by atoms with van der Waals surface area (Å²) in [4.78, 5) is 27.7. The topological polar surface area (TPSA) is 42.3 Å². The van der Waals surface area contributed by atoms with E-state index in [9.17, 15) is 9.59 Å². The maximum Gasteiger partial charge on any atom is 0.263 e. The molecule has 0 N–H and O–H groups in total. The van der Waals surface area contributed by atoms with Crippen LogP contribution in [0.1, 0.15) is 66.9 Å². The Bertz CT molecular complexity index is 674. The van der Waals surface area contributed by atoms with Crippen LogP contribution in [0.2, 0.25) is 0 Å². The van der Waals surface area contributed by atoms with E-state index >= 15 is 0 Å². The lowest BCUT2D eigenvalue weighted by Gasteiger charge is -2.41. The van der Waals surface area contributed by atoms with Crippen molar-refractivity contribution in [3.05, 3.63) is 33.7 Å². The molecule has 1 aromatic heterocycles. The van der Waals surface area contributed by atoms with Crippen LogP contribution >= 0.6 is 0 Å². The molecule has 0 spiro atoms. The molecule has 2 atom stereocenters. The third-order valence-corrected chi connectivity index (χ3v) is 6.06. The lowest BCUT2D eigenvalue weighted by Crippen LogP contribution is -2.46. The van der Waals surface area contributed by atoms with Gasteiger partial charge in [-0.3, -0.25) is 9.59 Å². The first-order chi connectivity index (χ1) is 11.1. The van der Waals surface area contributed by atoms with Crippen molar-refractivity contribution < 1.29 is 4.79 Å². The lowest BCUT2D eigenvalue weighted by molar-refractivity contribution is 0.0518. The van der Waals surface area contributed by atoms with Crippen LogP contribution in [0.5, 0.6) is 0 Å². The fourth-order valence-corrected chi connectivity index (χ4v) is 4.48. The van der Waals surface area contributed by atoms with Crippen LogP contribution < -0.4 is 5.56 Å². The Morgan fingerprint density at radius 1 is 1.09 bits per heavy atom. The van der Waals surface area contributed by atoms with Gasteiger partial charge in [0.15, 0.2) is 0 Å². The van der Waals surface area contributed by atoms with Crippen LogP contribution in [0.4, 0.5) is 0 Å². The highest BCUT2D eigenvalue weighted by atomic mass is 16.2. The van der Waals surface area contributed by atoms with E-state index in [1.165, 1.54) is 25.7 Å². The van der Waals surface area contributed by atoms with Gasteiger partial charge in [-0.05, 0) is 56.1 Å². The van der Waals surface area contributed by atoms with Gasteiger partial charge in [-0.1, -0.05) is 19.3 Å². The van der Waals surface area contributed by atoms with Gasteiger partial charge in [0, 0.05) is 25.3 Å². The van der Waals surface area contributed by atoms with Gasteiger partial charge in [-0.15, -0.1) is 0 Å². The average Bonchev–Trinajstić information content (AvgIpc) is 3.39. The molecule has 1 aromatic rings. The SMILES string of the molecule is Cc1ccn(C2CC2)c(=O)c1C(=O)N1CC[C@@H]2CCCC[C@H]2C1. The minimum absolute atomic E-state index is 0.0356. The van der Waals surface area contributed by atoms with E-state index in [1.807, 2.05) is 24.1 Å². The van der Waals surface area contributed by atoms with Gasteiger partial charge in [-0.25, -0.2) is 0 Å². The van der Waals surface area contributed by atoms with E-state index in [0.29, 0.717) is 17.5 Å². The normalized spacial score (nSPS) is 27.6. The Morgan fingerprint density at radius 2 is 1.83 bits per heavy atom. The highest BCUT2D eigenvalue weighted by Gasteiger charge is 2.35. The third-order valence-electron chi connectivity index (χ3n) is 6.06. The zero-order valence-corrected chi connectivity index (χ0v) is 14.0. The van der Waals surface area contributed by atoms with Crippen molar-refractivity contribution in [2.24, 2.45) is 11.8 Å². The van der Waals surface area contributed by atoms with Crippen molar-refractivity contribution >= 4 is 5.91 Å². The monoisotopic (exact) mass is 314 g/mol. The summed E-state index contributed by atoms with van der Waals surface area (Å²) in [6.45, 7) is 3.55. The first-order valence-electron chi connectivity index (χ1n) is 9.16. The fourth-order valence-electron chi connectivity index (χ4n) is 4.48. The Hall–Kier alpha value is -1.58. The van der Waals surface area contributed by atoms with Gasteiger partial charge < -0.3 is 9.47 Å². The van der Waals surface area contributed by atoms with Crippen LogP contribution in [-0.4, -0.2) is 28.5 Å². The summed E-state index contributed by atoms with van der Waals surface area (Å²) < 4.78 is 1.77.